The van der Waals surface area contributed by atoms with Gasteiger partial charge in [0.05, 0.1) is 11.8 Å². The van der Waals surface area contributed by atoms with E-state index in [-0.39, 0.29) is 36.0 Å². The number of anilines is 2. The van der Waals surface area contributed by atoms with Crippen LogP contribution in [0.25, 0.3) is 0 Å². The smallest absolute Gasteiger partial charge is 0.261 e. The van der Waals surface area contributed by atoms with Crippen molar-refractivity contribution in [1.82, 2.24) is 15.0 Å². The molecule has 2 aliphatic heterocycles. The van der Waals surface area contributed by atoms with Gasteiger partial charge in [0, 0.05) is 59.7 Å². The van der Waals surface area contributed by atoms with Gasteiger partial charge in [0.2, 0.25) is 0 Å². The Morgan fingerprint density at radius 3 is 2.71 bits per heavy atom. The van der Waals surface area contributed by atoms with Crippen molar-refractivity contribution in [3.05, 3.63) is 71.5 Å². The van der Waals surface area contributed by atoms with Gasteiger partial charge in [-0.05, 0) is 49.8 Å². The largest absolute Gasteiger partial charge is 0.432 e. The average Bonchev–Trinajstić information content (AvgIpc) is 3.53. The number of aromatic nitrogens is 3. The predicted octanol–water partition coefficient (Wildman–Crippen LogP) is 2.91. The van der Waals surface area contributed by atoms with Crippen LogP contribution in [0.2, 0.25) is 18.6 Å². The number of fused-ring (bicyclic) bond motifs is 2. The number of amides is 2. The first-order valence-electron chi connectivity index (χ1n) is 12.9. The van der Waals surface area contributed by atoms with Gasteiger partial charge in [0.1, 0.15) is 0 Å². The van der Waals surface area contributed by atoms with Gasteiger partial charge in [-0.15, -0.1) is 5.10 Å². The Labute approximate surface area is 222 Å². The molecule has 2 aliphatic rings. The van der Waals surface area contributed by atoms with Gasteiger partial charge < -0.3 is 25.3 Å². The number of hydrogen-bond donors (Lipinski definition) is 4. The highest BCUT2D eigenvalue weighted by Gasteiger charge is 2.64. The highest BCUT2D eigenvalue weighted by molar-refractivity contribution is 6.71. The average molecular weight is 536 g/mol. The third kappa shape index (κ3) is 4.66. The first-order valence-corrected chi connectivity index (χ1v) is 15.9. The van der Waals surface area contributed by atoms with Crippen molar-refractivity contribution in [2.75, 3.05) is 17.2 Å². The van der Waals surface area contributed by atoms with Gasteiger partial charge in [-0.2, -0.15) is 0 Å². The van der Waals surface area contributed by atoms with Gasteiger partial charge in [-0.25, -0.2) is 0 Å². The van der Waals surface area contributed by atoms with Crippen LogP contribution in [0, 0.1) is 5.92 Å². The summed E-state index contributed by atoms with van der Waals surface area (Å²) in [6.45, 7) is 6.22. The fourth-order valence-corrected chi connectivity index (χ4v) is 8.58. The summed E-state index contributed by atoms with van der Waals surface area (Å²) in [5.41, 5.74) is 1.60. The van der Waals surface area contributed by atoms with Gasteiger partial charge >= 0.3 is 0 Å². The number of carbonyl (C=O) groups is 2. The summed E-state index contributed by atoms with van der Waals surface area (Å²) in [4.78, 5) is 37.6. The molecule has 10 nitrogen and oxygen atoms in total. The highest BCUT2D eigenvalue weighted by atomic mass is 28.4. The molecule has 38 heavy (non-hydrogen) atoms. The van der Waals surface area contributed by atoms with E-state index in [1.165, 1.54) is 0 Å². The lowest BCUT2D eigenvalue weighted by Gasteiger charge is -2.32. The lowest BCUT2D eigenvalue weighted by Crippen LogP contribution is -2.43. The second kappa shape index (κ2) is 10.1. The maximum atomic E-state index is 13.5. The zero-order chi connectivity index (χ0) is 27.1. The summed E-state index contributed by atoms with van der Waals surface area (Å²) in [7, 11) is -2.78. The summed E-state index contributed by atoms with van der Waals surface area (Å²) in [5, 5.41) is 23.2. The molecule has 0 radical (unpaired) electrons. The number of nitrogens with one attached hydrogen (secondary N) is 2. The van der Waals surface area contributed by atoms with Crippen LogP contribution < -0.4 is 10.6 Å². The molecule has 0 aliphatic carbocycles. The zero-order valence-electron chi connectivity index (χ0n) is 21.7. The number of aryl methyl sites for hydroxylation is 1. The van der Waals surface area contributed by atoms with Crippen LogP contribution in [0.5, 0.6) is 0 Å². The zero-order valence-corrected chi connectivity index (χ0v) is 22.7. The molecule has 0 bridgehead atoms. The second-order valence-electron chi connectivity index (χ2n) is 10.6. The molecule has 5 rings (SSSR count). The second-order valence-corrected chi connectivity index (χ2v) is 14.6. The monoisotopic (exact) mass is 535 g/mol. The number of hydrogen-bond acceptors (Lipinski definition) is 7. The van der Waals surface area contributed by atoms with E-state index in [0.29, 0.717) is 47.6 Å². The molecule has 1 saturated heterocycles. The van der Waals surface area contributed by atoms with Crippen molar-refractivity contribution >= 4 is 31.5 Å². The number of aliphatic hydroxyl groups is 1. The van der Waals surface area contributed by atoms with Crippen molar-refractivity contribution < 1.29 is 24.2 Å². The van der Waals surface area contributed by atoms with Crippen LogP contribution in [-0.4, -0.2) is 57.7 Å². The Hall–Kier alpha value is -3.38. The Kier molecular flexibility index (Phi) is 6.95. The van der Waals surface area contributed by atoms with Gasteiger partial charge in [0.25, 0.3) is 11.8 Å². The molecular weight excluding hydrogens is 502 g/mol. The van der Waals surface area contributed by atoms with E-state index in [0.717, 1.165) is 0 Å². The Morgan fingerprint density at radius 2 is 2.00 bits per heavy atom. The lowest BCUT2D eigenvalue weighted by molar-refractivity contribution is -0.143. The van der Waals surface area contributed by atoms with E-state index in [4.69, 9.17) is 9.84 Å². The summed E-state index contributed by atoms with van der Waals surface area (Å²) in [6.07, 6.45) is 2.36. The van der Waals surface area contributed by atoms with Crippen LogP contribution in [0.4, 0.5) is 11.4 Å². The van der Waals surface area contributed by atoms with E-state index in [2.05, 4.69) is 20.9 Å². The number of benzene rings is 2. The minimum atomic E-state index is -2.78. The van der Waals surface area contributed by atoms with Gasteiger partial charge in [0.15, 0.2) is 13.9 Å². The highest BCUT2D eigenvalue weighted by Crippen LogP contribution is 2.58. The summed E-state index contributed by atoms with van der Waals surface area (Å²) in [6, 6.07) is 14.3. The molecule has 4 atom stereocenters. The first kappa shape index (κ1) is 26.2. The molecule has 1 aromatic heterocycles. The van der Waals surface area contributed by atoms with Gasteiger partial charge in [-0.1, -0.05) is 30.3 Å². The Morgan fingerprint density at radius 1 is 1.24 bits per heavy atom. The fourth-order valence-electron chi connectivity index (χ4n) is 5.97. The molecule has 1 spiro atoms. The van der Waals surface area contributed by atoms with Crippen LogP contribution in [0.1, 0.15) is 35.0 Å². The maximum absolute atomic E-state index is 13.5. The van der Waals surface area contributed by atoms with E-state index < -0.39 is 13.9 Å². The van der Waals surface area contributed by atoms with Crippen LogP contribution >= 0.6 is 0 Å². The molecule has 3 heterocycles. The van der Waals surface area contributed by atoms with Crippen LogP contribution in [0.15, 0.2) is 54.7 Å². The lowest BCUT2D eigenvalue weighted by atomic mass is 9.82. The fraction of sp³-hybridized carbons (Fsp3) is 0.407. The van der Waals surface area contributed by atoms with Crippen molar-refractivity contribution in [2.45, 2.75) is 56.7 Å². The molecule has 0 unspecified atom stereocenters. The topological polar surface area (TPSA) is 139 Å². The number of nitrogens with zero attached hydrogens (tertiary/aromatic N) is 3. The predicted molar refractivity (Wildman–Crippen MR) is 144 cm³/mol. The summed E-state index contributed by atoms with van der Waals surface area (Å²) >= 11 is 0. The standard InChI is InChI=1S/C27H33N5O5Si/c1-17-24(38(2,3)36)23(11-13-32-16-20(12-14-33)30-31-32)37-27(17)21-15-19(9-10-22(21)29-26(27)35)28-25(34)18-7-5-4-6-8-18/h4-10,15-17,23-24,33,36H,11-14H2,1-3H3,(H,28,34)(H,29,35)/t17-,23+,24-,27+/m0/s1. The van der Waals surface area contributed by atoms with E-state index in [9.17, 15) is 14.4 Å². The third-order valence-electron chi connectivity index (χ3n) is 7.63. The Bertz CT molecular complexity index is 1340. The van der Waals surface area contributed by atoms with E-state index >= 15 is 0 Å². The molecular formula is C27H33N5O5Si. The van der Waals surface area contributed by atoms with Crippen molar-refractivity contribution in [3.8, 4) is 0 Å². The third-order valence-corrected chi connectivity index (χ3v) is 10.1. The number of aliphatic hydroxyl groups excluding tert-OH is 1. The first-order chi connectivity index (χ1) is 18.1. The molecule has 4 N–H and O–H groups in total. The normalized spacial score (nSPS) is 24.4. The number of ether oxygens (including phenoxy) is 1. The molecule has 1 fully saturated rings. The van der Waals surface area contributed by atoms with Crippen LogP contribution in [-0.2, 0) is 28.1 Å². The Balaban J connectivity index is 1.44. The maximum Gasteiger partial charge on any atom is 0.261 e. The van der Waals surface area contributed by atoms with Crippen molar-refractivity contribution in [1.29, 1.82) is 0 Å². The number of carbonyl (C=O) groups excluding carboxylic acids is 2. The molecule has 0 saturated carbocycles. The molecule has 200 valence electrons. The molecule has 2 aromatic carbocycles. The van der Waals surface area contributed by atoms with E-state index in [1.54, 1.807) is 53.3 Å². The minimum absolute atomic E-state index is 0.000842. The number of rotatable bonds is 8. The van der Waals surface area contributed by atoms with E-state index in [1.807, 2.05) is 26.1 Å². The SMILES string of the molecule is C[C@H]1[C@H]([Si](C)(C)O)[C@@H](CCn2cc(CCO)nn2)O[C@]12C(=O)Nc1ccc(NC(=O)c3ccccc3)cc12. The molecule has 3 aromatic rings. The molecule has 2 amide bonds. The summed E-state index contributed by atoms with van der Waals surface area (Å²) in [5.74, 6) is -0.810. The van der Waals surface area contributed by atoms with Crippen LogP contribution in [0.3, 0.4) is 0 Å². The summed E-state index contributed by atoms with van der Waals surface area (Å²) < 4.78 is 8.37. The minimum Gasteiger partial charge on any atom is -0.432 e. The molecule has 11 heteroatoms. The van der Waals surface area contributed by atoms with Crippen molar-refractivity contribution in [2.24, 2.45) is 5.92 Å². The van der Waals surface area contributed by atoms with Crippen molar-refractivity contribution in [3.63, 3.8) is 0 Å². The quantitative estimate of drug-likeness (QED) is 0.325. The van der Waals surface area contributed by atoms with Gasteiger partial charge in [-0.3, -0.25) is 14.3 Å².